The van der Waals surface area contributed by atoms with Crippen molar-refractivity contribution in [2.45, 2.75) is 64.4 Å². The topological polar surface area (TPSA) is 74.6 Å². The number of hydrogen-bond acceptors (Lipinski definition) is 3. The summed E-state index contributed by atoms with van der Waals surface area (Å²) in [5, 5.41) is 19.3. The number of ketones is 1. The molecular weight excluding hydrogens is 282 g/mol. The second-order valence-electron chi connectivity index (χ2n) is 7.19. The number of carboxylic acid groups (broad SMARTS) is 1. The van der Waals surface area contributed by atoms with Gasteiger partial charge in [-0.3, -0.25) is 9.59 Å². The molecule has 0 aliphatic carbocycles. The Morgan fingerprint density at radius 3 is 1.91 bits per heavy atom. The van der Waals surface area contributed by atoms with Crippen LogP contribution >= 0.6 is 0 Å². The van der Waals surface area contributed by atoms with Gasteiger partial charge in [0, 0.05) is 6.42 Å². The van der Waals surface area contributed by atoms with Crippen molar-refractivity contribution in [2.24, 2.45) is 5.92 Å². The zero-order valence-electron chi connectivity index (χ0n) is 14.7. The normalized spacial score (nSPS) is 14.6. The highest BCUT2D eigenvalue weighted by atomic mass is 16.4. The van der Waals surface area contributed by atoms with E-state index in [0.29, 0.717) is 10.9 Å². The zero-order chi connectivity index (χ0) is 17.2. The molecule has 0 fully saturated rings. The fourth-order valence-corrected chi connectivity index (χ4v) is 2.60. The molecule has 0 aliphatic rings. The van der Waals surface area contributed by atoms with Crippen molar-refractivity contribution in [3.63, 3.8) is 0 Å². The Bertz CT molecular complexity index is 336. The van der Waals surface area contributed by atoms with E-state index in [1.54, 1.807) is 0 Å². The fourth-order valence-electron chi connectivity index (χ4n) is 2.60. The first kappa shape index (κ1) is 21.1. The molecule has 0 bridgehead atoms. The van der Waals surface area contributed by atoms with Crippen LogP contribution in [0.2, 0.25) is 0 Å². The highest BCUT2D eigenvalue weighted by molar-refractivity contribution is 5.98. The number of carbonyl (C=O) groups is 2. The summed E-state index contributed by atoms with van der Waals surface area (Å²) in [6, 6.07) is 0. The van der Waals surface area contributed by atoms with E-state index in [4.69, 9.17) is 0 Å². The van der Waals surface area contributed by atoms with E-state index in [2.05, 4.69) is 6.92 Å². The SMILES string of the molecule is CCCCCCCCCC(=O)C(C(=O)O)C(O)C[N+](C)(C)C. The summed E-state index contributed by atoms with van der Waals surface area (Å²) in [4.78, 5) is 23.4. The second kappa shape index (κ2) is 10.7. The summed E-state index contributed by atoms with van der Waals surface area (Å²) < 4.78 is 0.426. The second-order valence-corrected chi connectivity index (χ2v) is 7.19. The van der Waals surface area contributed by atoms with Gasteiger partial charge in [-0.15, -0.1) is 0 Å². The number of quaternary nitrogens is 1. The van der Waals surface area contributed by atoms with Crippen LogP contribution in [0.3, 0.4) is 0 Å². The van der Waals surface area contributed by atoms with Gasteiger partial charge in [0.1, 0.15) is 24.3 Å². The minimum absolute atomic E-state index is 0.249. The molecule has 0 radical (unpaired) electrons. The van der Waals surface area contributed by atoms with E-state index >= 15 is 0 Å². The van der Waals surface area contributed by atoms with Crippen molar-refractivity contribution >= 4 is 11.8 Å². The van der Waals surface area contributed by atoms with E-state index in [0.717, 1.165) is 12.8 Å². The highest BCUT2D eigenvalue weighted by Crippen LogP contribution is 2.15. The number of rotatable bonds is 13. The average Bonchev–Trinajstić information content (AvgIpc) is 2.35. The predicted molar refractivity (Wildman–Crippen MR) is 87.6 cm³/mol. The van der Waals surface area contributed by atoms with Gasteiger partial charge in [-0.05, 0) is 6.42 Å². The number of aliphatic hydroxyl groups excluding tert-OH is 1. The van der Waals surface area contributed by atoms with Gasteiger partial charge in [-0.2, -0.15) is 0 Å². The van der Waals surface area contributed by atoms with Crippen LogP contribution in [0.15, 0.2) is 0 Å². The van der Waals surface area contributed by atoms with Crippen LogP contribution in [0.5, 0.6) is 0 Å². The zero-order valence-corrected chi connectivity index (χ0v) is 14.7. The molecule has 5 nitrogen and oxygen atoms in total. The van der Waals surface area contributed by atoms with E-state index in [9.17, 15) is 19.8 Å². The van der Waals surface area contributed by atoms with Crippen LogP contribution in [0, 0.1) is 5.92 Å². The molecular formula is C17H34NO4+. The van der Waals surface area contributed by atoms with Crippen LogP contribution in [-0.4, -0.2) is 60.2 Å². The van der Waals surface area contributed by atoms with Crippen LogP contribution in [0.4, 0.5) is 0 Å². The largest absolute Gasteiger partial charge is 0.481 e. The number of carboxylic acids is 1. The molecule has 0 heterocycles. The molecule has 0 spiro atoms. The summed E-state index contributed by atoms with van der Waals surface area (Å²) >= 11 is 0. The minimum Gasteiger partial charge on any atom is -0.481 e. The maximum atomic E-state index is 12.1. The molecule has 0 saturated carbocycles. The first-order valence-corrected chi connectivity index (χ1v) is 8.43. The molecule has 0 saturated heterocycles. The molecule has 130 valence electrons. The molecule has 2 atom stereocenters. The Balaban J connectivity index is 4.19. The van der Waals surface area contributed by atoms with Gasteiger partial charge in [-0.25, -0.2) is 0 Å². The summed E-state index contributed by atoms with van der Waals surface area (Å²) in [6.45, 7) is 2.42. The number of carbonyl (C=O) groups excluding carboxylic acids is 1. The van der Waals surface area contributed by atoms with E-state index in [1.807, 2.05) is 21.1 Å². The van der Waals surface area contributed by atoms with E-state index in [-0.39, 0.29) is 18.7 Å². The van der Waals surface area contributed by atoms with Gasteiger partial charge in [0.25, 0.3) is 0 Å². The first-order chi connectivity index (χ1) is 10.2. The maximum Gasteiger partial charge on any atom is 0.316 e. The fraction of sp³-hybridized carbons (Fsp3) is 0.882. The van der Waals surface area contributed by atoms with Gasteiger partial charge in [-0.1, -0.05) is 45.4 Å². The van der Waals surface area contributed by atoms with Crippen LogP contribution in [-0.2, 0) is 9.59 Å². The van der Waals surface area contributed by atoms with Crippen molar-refractivity contribution < 1.29 is 24.3 Å². The number of aliphatic carboxylic acids is 1. The third-order valence-corrected chi connectivity index (χ3v) is 3.76. The summed E-state index contributed by atoms with van der Waals surface area (Å²) in [5.74, 6) is -2.85. The number of aliphatic hydroxyl groups is 1. The van der Waals surface area contributed by atoms with Crippen molar-refractivity contribution in [3.8, 4) is 0 Å². The van der Waals surface area contributed by atoms with Crippen molar-refractivity contribution in [2.75, 3.05) is 27.7 Å². The lowest BCUT2D eigenvalue weighted by molar-refractivity contribution is -0.873. The number of Topliss-reactive ketones (excluding diaryl/α,β-unsaturated/α-hetero) is 1. The summed E-state index contributed by atoms with van der Waals surface area (Å²) in [6.07, 6.45) is 6.73. The number of unbranched alkanes of at least 4 members (excludes halogenated alkanes) is 6. The number of hydrogen-bond donors (Lipinski definition) is 2. The molecule has 2 N–H and O–H groups in total. The molecule has 0 aromatic rings. The van der Waals surface area contributed by atoms with Crippen molar-refractivity contribution in [3.05, 3.63) is 0 Å². The Morgan fingerprint density at radius 2 is 1.45 bits per heavy atom. The molecule has 0 aromatic heterocycles. The highest BCUT2D eigenvalue weighted by Gasteiger charge is 2.35. The molecule has 0 amide bonds. The van der Waals surface area contributed by atoms with Crippen LogP contribution in [0.25, 0.3) is 0 Å². The molecule has 2 unspecified atom stereocenters. The van der Waals surface area contributed by atoms with Gasteiger partial charge < -0.3 is 14.7 Å². The monoisotopic (exact) mass is 316 g/mol. The number of likely N-dealkylation sites (N-methyl/N-ethyl adjacent to an activating group) is 1. The molecule has 0 aromatic carbocycles. The first-order valence-electron chi connectivity index (χ1n) is 8.43. The third-order valence-electron chi connectivity index (χ3n) is 3.76. The van der Waals surface area contributed by atoms with Crippen LogP contribution in [0.1, 0.15) is 58.3 Å². The van der Waals surface area contributed by atoms with Gasteiger partial charge in [0.15, 0.2) is 0 Å². The maximum absolute atomic E-state index is 12.1. The Morgan fingerprint density at radius 1 is 0.955 bits per heavy atom. The lowest BCUT2D eigenvalue weighted by Crippen LogP contribution is -2.47. The Hall–Kier alpha value is -0.940. The smallest absolute Gasteiger partial charge is 0.316 e. The predicted octanol–water partition coefficient (Wildman–Crippen LogP) is 2.46. The molecule has 5 heteroatoms. The standard InChI is InChI=1S/C17H33NO4/c1-5-6-7-8-9-10-11-12-14(19)16(17(21)22)15(20)13-18(2,3)4/h15-16,20H,5-13H2,1-4H3/p+1. The summed E-state index contributed by atoms with van der Waals surface area (Å²) in [7, 11) is 5.59. The van der Waals surface area contributed by atoms with Gasteiger partial charge >= 0.3 is 5.97 Å². The third kappa shape index (κ3) is 9.90. The molecule has 22 heavy (non-hydrogen) atoms. The quantitative estimate of drug-likeness (QED) is 0.311. The number of nitrogens with zero attached hydrogens (tertiary/aromatic N) is 1. The lowest BCUT2D eigenvalue weighted by Gasteiger charge is -2.28. The Kier molecular flexibility index (Phi) is 10.3. The Labute approximate surface area is 134 Å². The summed E-state index contributed by atoms with van der Waals surface area (Å²) in [5.41, 5.74) is 0. The van der Waals surface area contributed by atoms with E-state index < -0.39 is 18.0 Å². The van der Waals surface area contributed by atoms with Gasteiger partial charge in [0.05, 0.1) is 21.1 Å². The molecule has 0 rings (SSSR count). The minimum atomic E-state index is -1.29. The van der Waals surface area contributed by atoms with E-state index in [1.165, 1.54) is 25.7 Å². The average molecular weight is 316 g/mol. The van der Waals surface area contributed by atoms with Gasteiger partial charge in [0.2, 0.25) is 0 Å². The lowest BCUT2D eigenvalue weighted by atomic mass is 9.93. The van der Waals surface area contributed by atoms with Crippen molar-refractivity contribution in [1.82, 2.24) is 0 Å². The molecule has 0 aliphatic heterocycles. The van der Waals surface area contributed by atoms with Crippen molar-refractivity contribution in [1.29, 1.82) is 0 Å². The van der Waals surface area contributed by atoms with Crippen LogP contribution < -0.4 is 0 Å².